The molecule has 1 fully saturated rings. The molecule has 3 N–H and O–H groups in total. The Hall–Kier alpha value is -1.35. The predicted octanol–water partition coefficient (Wildman–Crippen LogP) is 3.14. The number of methoxy groups -OCH3 is 1. The van der Waals surface area contributed by atoms with Gasteiger partial charge in [0.2, 0.25) is 15.9 Å². The predicted molar refractivity (Wildman–Crippen MR) is 114 cm³/mol. The molecule has 0 unspecified atom stereocenters. The number of nitrogens with two attached hydrogens (primary N) is 1. The zero-order valence-electron chi connectivity index (χ0n) is 16.5. The van der Waals surface area contributed by atoms with Crippen molar-refractivity contribution < 1.29 is 17.9 Å². The van der Waals surface area contributed by atoms with E-state index in [9.17, 15) is 13.2 Å². The van der Waals surface area contributed by atoms with Gasteiger partial charge in [0.25, 0.3) is 0 Å². The monoisotopic (exact) mass is 433 g/mol. The first-order valence-electron chi connectivity index (χ1n) is 9.67. The first-order valence-corrected chi connectivity index (χ1v) is 11.1. The van der Waals surface area contributed by atoms with Crippen molar-refractivity contribution in [3.8, 4) is 5.75 Å². The molecule has 1 saturated heterocycles. The van der Waals surface area contributed by atoms with Gasteiger partial charge in [-0.15, -0.1) is 12.4 Å². The second-order valence-corrected chi connectivity index (χ2v) is 8.74. The van der Waals surface area contributed by atoms with Crippen molar-refractivity contribution in [2.45, 2.75) is 56.3 Å². The summed E-state index contributed by atoms with van der Waals surface area (Å²) in [5.74, 6) is 0.176. The average molecular weight is 434 g/mol. The smallest absolute Gasteiger partial charge is 0.246 e. The summed E-state index contributed by atoms with van der Waals surface area (Å²) in [6.45, 7) is 1.71. The van der Waals surface area contributed by atoms with Crippen molar-refractivity contribution in [3.63, 3.8) is 0 Å². The van der Waals surface area contributed by atoms with Gasteiger partial charge in [0.05, 0.1) is 7.11 Å². The van der Waals surface area contributed by atoms with Gasteiger partial charge in [0.15, 0.2) is 0 Å². The van der Waals surface area contributed by atoms with Crippen LogP contribution in [0.2, 0.25) is 0 Å². The average Bonchev–Trinajstić information content (AvgIpc) is 2.68. The number of piperidine rings is 1. The summed E-state index contributed by atoms with van der Waals surface area (Å²) in [6.07, 6.45) is 6.92. The molecule has 7 nitrogen and oxygen atoms in total. The van der Waals surface area contributed by atoms with Crippen LogP contribution in [0.4, 0.5) is 5.69 Å². The lowest BCUT2D eigenvalue weighted by molar-refractivity contribution is -0.116. The minimum absolute atomic E-state index is 0. The molecule has 0 aromatic heterocycles. The molecule has 160 valence electrons. The number of nitrogens with zero attached hydrogens (tertiary/aromatic N) is 1. The van der Waals surface area contributed by atoms with Crippen LogP contribution < -0.4 is 15.8 Å². The number of benzene rings is 1. The maximum Gasteiger partial charge on any atom is 0.246 e. The number of carbonyl (C=O) groups excluding carboxylic acids is 1. The van der Waals surface area contributed by atoms with E-state index in [-0.39, 0.29) is 23.2 Å². The van der Waals surface area contributed by atoms with Crippen LogP contribution in [-0.4, -0.2) is 45.4 Å². The van der Waals surface area contributed by atoms with Crippen molar-refractivity contribution in [1.82, 2.24) is 4.31 Å². The van der Waals surface area contributed by atoms with Crippen LogP contribution in [-0.2, 0) is 14.8 Å². The number of nitrogens with one attached hydrogen (secondary N) is 1. The first kappa shape index (κ1) is 24.7. The van der Waals surface area contributed by atoms with Crippen molar-refractivity contribution in [3.05, 3.63) is 18.2 Å². The van der Waals surface area contributed by atoms with E-state index in [0.29, 0.717) is 37.5 Å². The van der Waals surface area contributed by atoms with Crippen molar-refractivity contribution >= 4 is 34.0 Å². The standard InChI is InChI=1S/C19H31N3O4S.ClH/c1-26-17-11-10-16(21-19(23)9-5-2-3-6-12-20)15-18(17)27(24,25)22-13-7-4-8-14-22;/h10-11,15H,2-9,12-14,20H2,1H3,(H,21,23);1H. The Bertz CT molecular complexity index is 722. The highest BCUT2D eigenvalue weighted by Gasteiger charge is 2.29. The van der Waals surface area contributed by atoms with E-state index in [0.717, 1.165) is 44.9 Å². The van der Waals surface area contributed by atoms with E-state index in [2.05, 4.69) is 5.32 Å². The topological polar surface area (TPSA) is 102 Å². The third kappa shape index (κ3) is 6.92. The number of sulfonamides is 1. The van der Waals surface area contributed by atoms with Gasteiger partial charge in [-0.25, -0.2) is 8.42 Å². The molecule has 2 rings (SSSR count). The van der Waals surface area contributed by atoms with Gasteiger partial charge >= 0.3 is 0 Å². The fourth-order valence-corrected chi connectivity index (χ4v) is 4.91. The first-order chi connectivity index (χ1) is 13.0. The Labute approximate surface area is 174 Å². The van der Waals surface area contributed by atoms with Gasteiger partial charge in [-0.2, -0.15) is 4.31 Å². The fraction of sp³-hybridized carbons (Fsp3) is 0.632. The molecule has 0 spiro atoms. The van der Waals surface area contributed by atoms with Crippen LogP contribution in [0.1, 0.15) is 51.4 Å². The second-order valence-electron chi connectivity index (χ2n) is 6.83. The molecule has 0 bridgehead atoms. The van der Waals surface area contributed by atoms with Gasteiger partial charge in [-0.3, -0.25) is 4.79 Å². The maximum absolute atomic E-state index is 13.0. The number of unbranched alkanes of at least 4 members (excludes halogenated alkanes) is 3. The van der Waals surface area contributed by atoms with Crippen LogP contribution >= 0.6 is 12.4 Å². The molecule has 0 saturated carbocycles. The van der Waals surface area contributed by atoms with E-state index >= 15 is 0 Å². The molecule has 1 heterocycles. The van der Waals surface area contributed by atoms with E-state index in [1.165, 1.54) is 17.5 Å². The number of carbonyl (C=O) groups is 1. The summed E-state index contributed by atoms with van der Waals surface area (Å²) in [4.78, 5) is 12.2. The van der Waals surface area contributed by atoms with Gasteiger partial charge in [0.1, 0.15) is 10.6 Å². The molecule has 1 amide bonds. The molecule has 0 atom stereocenters. The zero-order chi connectivity index (χ0) is 19.7. The number of halogens is 1. The summed E-state index contributed by atoms with van der Waals surface area (Å²) in [5.41, 5.74) is 5.93. The molecule has 28 heavy (non-hydrogen) atoms. The Kier molecular flexibility index (Phi) is 10.8. The minimum Gasteiger partial charge on any atom is -0.495 e. The molecule has 0 radical (unpaired) electrons. The fourth-order valence-electron chi connectivity index (χ4n) is 3.21. The van der Waals surface area contributed by atoms with Crippen LogP contribution in [0.25, 0.3) is 0 Å². The summed E-state index contributed by atoms with van der Waals surface area (Å²) in [7, 11) is -2.20. The van der Waals surface area contributed by atoms with Crippen molar-refractivity contribution in [1.29, 1.82) is 0 Å². The van der Waals surface area contributed by atoms with Crippen LogP contribution in [0.3, 0.4) is 0 Å². The molecule has 1 aromatic rings. The number of amides is 1. The highest BCUT2D eigenvalue weighted by atomic mass is 35.5. The van der Waals surface area contributed by atoms with Crippen LogP contribution in [0, 0.1) is 0 Å². The van der Waals surface area contributed by atoms with Crippen LogP contribution in [0.15, 0.2) is 23.1 Å². The Balaban J connectivity index is 0.00000392. The van der Waals surface area contributed by atoms with Gasteiger partial charge in [-0.1, -0.05) is 19.3 Å². The lowest BCUT2D eigenvalue weighted by Crippen LogP contribution is -2.35. The Morgan fingerprint density at radius 2 is 1.82 bits per heavy atom. The lowest BCUT2D eigenvalue weighted by atomic mass is 10.1. The second kappa shape index (κ2) is 12.3. The quantitative estimate of drug-likeness (QED) is 0.552. The number of hydrogen-bond acceptors (Lipinski definition) is 5. The summed E-state index contributed by atoms with van der Waals surface area (Å²) in [6, 6.07) is 4.75. The van der Waals surface area contributed by atoms with Gasteiger partial charge < -0.3 is 15.8 Å². The van der Waals surface area contributed by atoms with Gasteiger partial charge in [-0.05, 0) is 50.4 Å². The minimum atomic E-state index is -3.65. The van der Waals surface area contributed by atoms with Gasteiger partial charge in [0, 0.05) is 25.2 Å². The largest absolute Gasteiger partial charge is 0.495 e. The maximum atomic E-state index is 13.0. The number of anilines is 1. The Morgan fingerprint density at radius 1 is 1.14 bits per heavy atom. The molecule has 1 aromatic carbocycles. The molecule has 1 aliphatic rings. The molecule has 1 aliphatic heterocycles. The van der Waals surface area contributed by atoms with E-state index in [1.54, 1.807) is 12.1 Å². The molecular weight excluding hydrogens is 402 g/mol. The third-order valence-corrected chi connectivity index (χ3v) is 6.66. The zero-order valence-corrected chi connectivity index (χ0v) is 18.1. The summed E-state index contributed by atoms with van der Waals surface area (Å²) >= 11 is 0. The third-order valence-electron chi connectivity index (χ3n) is 4.74. The highest BCUT2D eigenvalue weighted by molar-refractivity contribution is 7.89. The Morgan fingerprint density at radius 3 is 2.46 bits per heavy atom. The molecule has 0 aliphatic carbocycles. The summed E-state index contributed by atoms with van der Waals surface area (Å²) in [5, 5.41) is 2.80. The summed E-state index contributed by atoms with van der Waals surface area (Å²) < 4.78 is 32.8. The normalized spacial score (nSPS) is 14.9. The highest BCUT2D eigenvalue weighted by Crippen LogP contribution is 2.31. The van der Waals surface area contributed by atoms with Crippen molar-refractivity contribution in [2.75, 3.05) is 32.1 Å². The van der Waals surface area contributed by atoms with E-state index in [1.807, 2.05) is 0 Å². The van der Waals surface area contributed by atoms with Crippen molar-refractivity contribution in [2.24, 2.45) is 5.73 Å². The van der Waals surface area contributed by atoms with Crippen LogP contribution in [0.5, 0.6) is 5.75 Å². The molecule has 9 heteroatoms. The molecular formula is C19H32ClN3O4S. The number of rotatable bonds is 10. The van der Waals surface area contributed by atoms with E-state index < -0.39 is 10.0 Å². The number of ether oxygens (including phenoxy) is 1. The number of hydrogen-bond donors (Lipinski definition) is 2. The lowest BCUT2D eigenvalue weighted by Gasteiger charge is -2.26. The van der Waals surface area contributed by atoms with E-state index in [4.69, 9.17) is 10.5 Å². The SMILES string of the molecule is COc1ccc(NC(=O)CCCCCCN)cc1S(=O)(=O)N1CCCCC1.Cl.